The third kappa shape index (κ3) is 3.70. The van der Waals surface area contributed by atoms with Crippen molar-refractivity contribution in [2.45, 2.75) is 33.3 Å². The van der Waals surface area contributed by atoms with E-state index in [1.54, 1.807) is 6.07 Å². The van der Waals surface area contributed by atoms with E-state index in [9.17, 15) is 0 Å². The molecule has 0 aliphatic rings. The summed E-state index contributed by atoms with van der Waals surface area (Å²) in [5.41, 5.74) is 6.39. The highest BCUT2D eigenvalue weighted by atomic mass is 16.5. The molecule has 0 aliphatic carbocycles. The van der Waals surface area contributed by atoms with Gasteiger partial charge in [-0.05, 0) is 32.4 Å². The Bertz CT molecular complexity index is 310. The Morgan fingerprint density at radius 3 is 2.60 bits per heavy atom. The zero-order valence-corrected chi connectivity index (χ0v) is 9.62. The van der Waals surface area contributed by atoms with Gasteiger partial charge in [-0.3, -0.25) is 0 Å². The van der Waals surface area contributed by atoms with E-state index in [1.165, 1.54) is 0 Å². The van der Waals surface area contributed by atoms with Crippen LogP contribution < -0.4 is 15.2 Å². The minimum atomic E-state index is 0.137. The summed E-state index contributed by atoms with van der Waals surface area (Å²) in [6, 6.07) is 5.46. The van der Waals surface area contributed by atoms with Gasteiger partial charge in [0.05, 0.1) is 12.7 Å². The number of rotatable bonds is 5. The number of ether oxygens (including phenoxy) is 2. The Labute approximate surface area is 91.2 Å². The average Bonchev–Trinajstić information content (AvgIpc) is 2.18. The van der Waals surface area contributed by atoms with Crippen molar-refractivity contribution < 1.29 is 9.47 Å². The van der Waals surface area contributed by atoms with Gasteiger partial charge in [-0.15, -0.1) is 0 Å². The van der Waals surface area contributed by atoms with Gasteiger partial charge in [0, 0.05) is 11.8 Å². The van der Waals surface area contributed by atoms with Crippen LogP contribution in [0, 0.1) is 0 Å². The van der Waals surface area contributed by atoms with Gasteiger partial charge >= 0.3 is 0 Å². The van der Waals surface area contributed by atoms with Gasteiger partial charge in [-0.25, -0.2) is 0 Å². The topological polar surface area (TPSA) is 44.5 Å². The highest BCUT2D eigenvalue weighted by Crippen LogP contribution is 2.30. The Morgan fingerprint density at radius 1 is 1.27 bits per heavy atom. The number of hydrogen-bond donors (Lipinski definition) is 1. The van der Waals surface area contributed by atoms with Gasteiger partial charge in [0.1, 0.15) is 0 Å². The van der Waals surface area contributed by atoms with Crippen LogP contribution in [0.15, 0.2) is 18.2 Å². The van der Waals surface area contributed by atoms with Crippen LogP contribution in [-0.2, 0) is 0 Å². The van der Waals surface area contributed by atoms with Gasteiger partial charge in [-0.2, -0.15) is 0 Å². The second kappa shape index (κ2) is 5.49. The average molecular weight is 209 g/mol. The maximum atomic E-state index is 5.69. The van der Waals surface area contributed by atoms with Crippen LogP contribution >= 0.6 is 0 Å². The van der Waals surface area contributed by atoms with E-state index in [-0.39, 0.29) is 6.10 Å². The second-order valence-electron chi connectivity index (χ2n) is 3.72. The lowest BCUT2D eigenvalue weighted by atomic mass is 10.3. The fourth-order valence-corrected chi connectivity index (χ4v) is 1.20. The van der Waals surface area contributed by atoms with Crippen LogP contribution in [0.25, 0.3) is 0 Å². The number of nitrogens with two attached hydrogens (primary N) is 1. The molecule has 0 bridgehead atoms. The quantitative estimate of drug-likeness (QED) is 0.758. The molecule has 1 aromatic rings. The van der Waals surface area contributed by atoms with Crippen LogP contribution in [0.5, 0.6) is 11.5 Å². The summed E-state index contributed by atoms with van der Waals surface area (Å²) in [5, 5.41) is 0. The fraction of sp³-hybridized carbons (Fsp3) is 0.500. The third-order valence-corrected chi connectivity index (χ3v) is 1.79. The molecule has 0 radical (unpaired) electrons. The molecule has 0 aromatic heterocycles. The molecule has 0 unspecified atom stereocenters. The van der Waals surface area contributed by atoms with E-state index in [2.05, 4.69) is 6.92 Å². The number of nitrogen functional groups attached to an aromatic ring is 1. The Hall–Kier alpha value is -1.38. The van der Waals surface area contributed by atoms with Gasteiger partial charge in [0.15, 0.2) is 11.5 Å². The lowest BCUT2D eigenvalue weighted by Gasteiger charge is -2.15. The first-order chi connectivity index (χ1) is 7.13. The number of anilines is 1. The van der Waals surface area contributed by atoms with E-state index >= 15 is 0 Å². The molecule has 2 N–H and O–H groups in total. The van der Waals surface area contributed by atoms with E-state index in [4.69, 9.17) is 15.2 Å². The van der Waals surface area contributed by atoms with Crippen LogP contribution in [-0.4, -0.2) is 12.7 Å². The molecule has 0 amide bonds. The molecule has 15 heavy (non-hydrogen) atoms. The Balaban J connectivity index is 2.82. The zero-order valence-electron chi connectivity index (χ0n) is 9.62. The summed E-state index contributed by atoms with van der Waals surface area (Å²) in [5.74, 6) is 1.48. The van der Waals surface area contributed by atoms with Crippen LogP contribution in [0.2, 0.25) is 0 Å². The summed E-state index contributed by atoms with van der Waals surface area (Å²) >= 11 is 0. The predicted octanol–water partition coefficient (Wildman–Crippen LogP) is 2.84. The molecule has 0 aliphatic heterocycles. The van der Waals surface area contributed by atoms with Gasteiger partial charge in [0.2, 0.25) is 0 Å². The zero-order chi connectivity index (χ0) is 11.3. The van der Waals surface area contributed by atoms with Crippen LogP contribution in [0.4, 0.5) is 5.69 Å². The first-order valence-corrected chi connectivity index (χ1v) is 5.32. The van der Waals surface area contributed by atoms with Crippen molar-refractivity contribution in [1.82, 2.24) is 0 Å². The van der Waals surface area contributed by atoms with Crippen molar-refractivity contribution >= 4 is 5.69 Å². The largest absolute Gasteiger partial charge is 0.490 e. The third-order valence-electron chi connectivity index (χ3n) is 1.79. The summed E-state index contributed by atoms with van der Waals surface area (Å²) < 4.78 is 11.2. The minimum Gasteiger partial charge on any atom is -0.490 e. The maximum Gasteiger partial charge on any atom is 0.163 e. The lowest BCUT2D eigenvalue weighted by Crippen LogP contribution is -2.08. The van der Waals surface area contributed by atoms with Crippen molar-refractivity contribution in [3.05, 3.63) is 18.2 Å². The summed E-state index contributed by atoms with van der Waals surface area (Å²) in [7, 11) is 0. The van der Waals surface area contributed by atoms with Crippen molar-refractivity contribution in [3.8, 4) is 11.5 Å². The van der Waals surface area contributed by atoms with Crippen LogP contribution in [0.3, 0.4) is 0 Å². The molecule has 0 saturated carbocycles. The lowest BCUT2D eigenvalue weighted by molar-refractivity contribution is 0.221. The smallest absolute Gasteiger partial charge is 0.163 e. The van der Waals surface area contributed by atoms with E-state index in [0.717, 1.165) is 17.9 Å². The second-order valence-corrected chi connectivity index (χ2v) is 3.72. The summed E-state index contributed by atoms with van der Waals surface area (Å²) in [4.78, 5) is 0. The van der Waals surface area contributed by atoms with Gasteiger partial charge in [0.25, 0.3) is 0 Å². The molecule has 0 fully saturated rings. The fourth-order valence-electron chi connectivity index (χ4n) is 1.20. The first-order valence-electron chi connectivity index (χ1n) is 5.32. The molecule has 3 heteroatoms. The van der Waals surface area contributed by atoms with Crippen molar-refractivity contribution in [2.24, 2.45) is 0 Å². The minimum absolute atomic E-state index is 0.137. The van der Waals surface area contributed by atoms with Crippen LogP contribution in [0.1, 0.15) is 27.2 Å². The van der Waals surface area contributed by atoms with Gasteiger partial charge < -0.3 is 15.2 Å². The predicted molar refractivity (Wildman–Crippen MR) is 62.4 cm³/mol. The number of benzene rings is 1. The molecule has 3 nitrogen and oxygen atoms in total. The molecular formula is C12H19NO2. The normalized spacial score (nSPS) is 10.4. The maximum absolute atomic E-state index is 5.69. The Kier molecular flexibility index (Phi) is 4.28. The van der Waals surface area contributed by atoms with E-state index in [0.29, 0.717) is 12.3 Å². The highest BCUT2D eigenvalue weighted by Gasteiger charge is 2.06. The molecule has 1 rings (SSSR count). The van der Waals surface area contributed by atoms with Gasteiger partial charge in [-0.1, -0.05) is 6.92 Å². The Morgan fingerprint density at radius 2 is 2.00 bits per heavy atom. The molecule has 0 spiro atoms. The summed E-state index contributed by atoms with van der Waals surface area (Å²) in [6.45, 7) is 6.72. The molecule has 1 aromatic carbocycles. The molecule has 0 heterocycles. The first kappa shape index (κ1) is 11.7. The van der Waals surface area contributed by atoms with E-state index < -0.39 is 0 Å². The number of hydrogen-bond acceptors (Lipinski definition) is 3. The SMILES string of the molecule is CCCOc1cc(N)ccc1OC(C)C. The van der Waals surface area contributed by atoms with E-state index in [1.807, 2.05) is 26.0 Å². The molecule has 0 atom stereocenters. The highest BCUT2D eigenvalue weighted by molar-refractivity contribution is 5.52. The monoisotopic (exact) mass is 209 g/mol. The summed E-state index contributed by atoms with van der Waals surface area (Å²) in [6.07, 6.45) is 1.10. The molecule has 0 saturated heterocycles. The molecular weight excluding hydrogens is 190 g/mol. The standard InChI is InChI=1S/C12H19NO2/c1-4-7-14-12-8-10(13)5-6-11(12)15-9(2)3/h5-6,8-9H,4,7,13H2,1-3H3. The van der Waals surface area contributed by atoms with Crippen molar-refractivity contribution in [3.63, 3.8) is 0 Å². The van der Waals surface area contributed by atoms with Crippen molar-refractivity contribution in [2.75, 3.05) is 12.3 Å². The molecule has 84 valence electrons. The van der Waals surface area contributed by atoms with Crippen molar-refractivity contribution in [1.29, 1.82) is 0 Å².